The standard InChI is InChI=1S/C36H47N3O5/c1-7-8-9-12-22-39(32(28-16-13-14-25(2)23-28)33(41)37-30-17-11-10-15-26(30)3)34(42)31(38-35(43)44-36(4,5)6)24-27-18-20-29(40)21-19-27/h10-11,13-21,23,31-32,40H,7-9,12,22,24H2,1-6H3,(H,37,41)(H,38,43). The van der Waals surface area contributed by atoms with Crippen LogP contribution in [0.15, 0.2) is 72.8 Å². The minimum atomic E-state index is -1.03. The summed E-state index contributed by atoms with van der Waals surface area (Å²) >= 11 is 0. The third-order valence-electron chi connectivity index (χ3n) is 7.22. The lowest BCUT2D eigenvalue weighted by Gasteiger charge is -2.35. The lowest BCUT2D eigenvalue weighted by Crippen LogP contribution is -2.53. The second kappa shape index (κ2) is 15.9. The van der Waals surface area contributed by atoms with Gasteiger partial charge in [-0.3, -0.25) is 9.59 Å². The molecular weight excluding hydrogens is 554 g/mol. The van der Waals surface area contributed by atoms with E-state index in [9.17, 15) is 19.5 Å². The molecule has 3 aromatic rings. The minimum absolute atomic E-state index is 0.0988. The number of anilines is 1. The van der Waals surface area contributed by atoms with Crippen molar-refractivity contribution in [3.8, 4) is 5.75 Å². The fourth-order valence-electron chi connectivity index (χ4n) is 5.02. The molecule has 3 amide bonds. The Kier molecular flexibility index (Phi) is 12.4. The van der Waals surface area contributed by atoms with Crippen molar-refractivity contribution in [3.63, 3.8) is 0 Å². The number of aromatic hydroxyl groups is 1. The molecule has 0 heterocycles. The maximum Gasteiger partial charge on any atom is 0.408 e. The number of para-hydroxylation sites is 1. The molecule has 3 rings (SSSR count). The summed E-state index contributed by atoms with van der Waals surface area (Å²) in [6.45, 7) is 11.6. The number of aryl methyl sites for hydroxylation is 2. The molecule has 8 heteroatoms. The summed E-state index contributed by atoms with van der Waals surface area (Å²) in [5.41, 5.74) is 3.18. The molecule has 3 N–H and O–H groups in total. The maximum atomic E-state index is 14.6. The first kappa shape index (κ1) is 34.2. The predicted molar refractivity (Wildman–Crippen MR) is 175 cm³/mol. The van der Waals surface area contributed by atoms with Crippen LogP contribution in [0.3, 0.4) is 0 Å². The molecule has 0 aromatic heterocycles. The molecule has 0 spiro atoms. The number of carbonyl (C=O) groups excluding carboxylic acids is 3. The van der Waals surface area contributed by atoms with Gasteiger partial charge in [0.25, 0.3) is 5.91 Å². The number of hydrogen-bond donors (Lipinski definition) is 3. The molecule has 2 atom stereocenters. The highest BCUT2D eigenvalue weighted by Gasteiger charge is 2.36. The Morgan fingerprint density at radius 2 is 1.61 bits per heavy atom. The molecular formula is C36H47N3O5. The number of nitrogens with one attached hydrogen (secondary N) is 2. The second-order valence-corrected chi connectivity index (χ2v) is 12.3. The first-order chi connectivity index (χ1) is 20.9. The smallest absolute Gasteiger partial charge is 0.408 e. The van der Waals surface area contributed by atoms with E-state index < -0.39 is 29.7 Å². The summed E-state index contributed by atoms with van der Waals surface area (Å²) in [6, 6.07) is 19.6. The van der Waals surface area contributed by atoms with Gasteiger partial charge in [0, 0.05) is 18.7 Å². The molecule has 44 heavy (non-hydrogen) atoms. The van der Waals surface area contributed by atoms with E-state index in [0.717, 1.165) is 36.0 Å². The molecule has 0 bridgehead atoms. The molecule has 0 aliphatic carbocycles. The number of amides is 3. The van der Waals surface area contributed by atoms with Crippen molar-refractivity contribution >= 4 is 23.6 Å². The first-order valence-corrected chi connectivity index (χ1v) is 15.4. The SMILES string of the molecule is CCCCCCN(C(=O)C(Cc1ccc(O)cc1)NC(=O)OC(C)(C)C)C(C(=O)Nc1ccccc1C)c1cccc(C)c1. The number of benzene rings is 3. The molecule has 0 saturated heterocycles. The minimum Gasteiger partial charge on any atom is -0.508 e. The number of phenols is 1. The highest BCUT2D eigenvalue weighted by Crippen LogP contribution is 2.27. The second-order valence-electron chi connectivity index (χ2n) is 12.3. The first-order valence-electron chi connectivity index (χ1n) is 15.4. The third-order valence-corrected chi connectivity index (χ3v) is 7.22. The Labute approximate surface area is 261 Å². The summed E-state index contributed by atoms with van der Waals surface area (Å²) in [4.78, 5) is 43.4. The van der Waals surface area contributed by atoms with E-state index >= 15 is 0 Å². The molecule has 236 valence electrons. The quantitative estimate of drug-likeness (QED) is 0.179. The lowest BCUT2D eigenvalue weighted by atomic mass is 9.98. The highest BCUT2D eigenvalue weighted by molar-refractivity contribution is 5.99. The van der Waals surface area contributed by atoms with Crippen LogP contribution >= 0.6 is 0 Å². The number of hydrogen-bond acceptors (Lipinski definition) is 5. The number of nitrogens with zero attached hydrogens (tertiary/aromatic N) is 1. The maximum absolute atomic E-state index is 14.6. The number of alkyl carbamates (subject to hydrolysis) is 1. The van der Waals surface area contributed by atoms with Crippen LogP contribution in [0, 0.1) is 13.8 Å². The number of ether oxygens (including phenoxy) is 1. The normalized spacial score (nSPS) is 12.6. The lowest BCUT2D eigenvalue weighted by molar-refractivity contribution is -0.140. The fraction of sp³-hybridized carbons (Fsp3) is 0.417. The van der Waals surface area contributed by atoms with Gasteiger partial charge < -0.3 is 25.4 Å². The van der Waals surface area contributed by atoms with Gasteiger partial charge in [0.15, 0.2) is 0 Å². The van der Waals surface area contributed by atoms with Crippen LogP contribution in [0.5, 0.6) is 5.75 Å². The zero-order valence-electron chi connectivity index (χ0n) is 26.9. The molecule has 0 saturated carbocycles. The van der Waals surface area contributed by atoms with Crippen molar-refractivity contribution in [1.29, 1.82) is 0 Å². The van der Waals surface area contributed by atoms with Crippen LogP contribution in [-0.4, -0.2) is 46.1 Å². The zero-order valence-corrected chi connectivity index (χ0v) is 26.9. The van der Waals surface area contributed by atoms with Gasteiger partial charge in [-0.05, 0) is 75.9 Å². The summed E-state index contributed by atoms with van der Waals surface area (Å²) in [6.07, 6.45) is 3.02. The Morgan fingerprint density at radius 1 is 0.909 bits per heavy atom. The monoisotopic (exact) mass is 601 g/mol. The van der Waals surface area contributed by atoms with E-state index in [1.165, 1.54) is 12.1 Å². The van der Waals surface area contributed by atoms with E-state index in [1.54, 1.807) is 37.8 Å². The van der Waals surface area contributed by atoms with Gasteiger partial charge in [-0.1, -0.05) is 86.3 Å². The number of unbranched alkanes of at least 4 members (excludes halogenated alkanes) is 3. The van der Waals surface area contributed by atoms with Crippen LogP contribution in [0.2, 0.25) is 0 Å². The molecule has 0 aliphatic rings. The number of rotatable bonds is 13. The number of phenolic OH excluding ortho intramolecular Hbond substituents is 1. The van der Waals surface area contributed by atoms with E-state index in [0.29, 0.717) is 24.2 Å². The van der Waals surface area contributed by atoms with Crippen molar-refractivity contribution in [2.75, 3.05) is 11.9 Å². The van der Waals surface area contributed by atoms with Crippen molar-refractivity contribution < 1.29 is 24.2 Å². The van der Waals surface area contributed by atoms with Crippen molar-refractivity contribution in [3.05, 3.63) is 95.1 Å². The van der Waals surface area contributed by atoms with E-state index in [2.05, 4.69) is 17.6 Å². The Morgan fingerprint density at radius 3 is 2.25 bits per heavy atom. The van der Waals surface area contributed by atoms with Gasteiger partial charge in [0.05, 0.1) is 0 Å². The zero-order chi connectivity index (χ0) is 32.3. The average molecular weight is 602 g/mol. The van der Waals surface area contributed by atoms with Gasteiger partial charge in [-0.2, -0.15) is 0 Å². The van der Waals surface area contributed by atoms with Crippen molar-refractivity contribution in [2.45, 2.75) is 91.3 Å². The summed E-state index contributed by atoms with van der Waals surface area (Å²) in [5.74, 6) is -0.636. The van der Waals surface area contributed by atoms with Gasteiger partial charge in [0.1, 0.15) is 23.4 Å². The van der Waals surface area contributed by atoms with Crippen LogP contribution in [0.25, 0.3) is 0 Å². The number of carbonyl (C=O) groups is 3. The molecule has 2 unspecified atom stereocenters. The van der Waals surface area contributed by atoms with Gasteiger partial charge in [-0.15, -0.1) is 0 Å². The van der Waals surface area contributed by atoms with Crippen molar-refractivity contribution in [1.82, 2.24) is 10.2 Å². The topological polar surface area (TPSA) is 108 Å². The Balaban J connectivity index is 2.08. The van der Waals surface area contributed by atoms with Gasteiger partial charge >= 0.3 is 6.09 Å². The van der Waals surface area contributed by atoms with E-state index in [1.807, 2.05) is 62.4 Å². The van der Waals surface area contributed by atoms with Crippen LogP contribution in [0.4, 0.5) is 10.5 Å². The fourth-order valence-corrected chi connectivity index (χ4v) is 5.02. The highest BCUT2D eigenvalue weighted by atomic mass is 16.6. The summed E-state index contributed by atoms with van der Waals surface area (Å²) in [7, 11) is 0. The molecule has 0 radical (unpaired) electrons. The van der Waals surface area contributed by atoms with Crippen LogP contribution in [0.1, 0.15) is 81.7 Å². The molecule has 0 fully saturated rings. The summed E-state index contributed by atoms with van der Waals surface area (Å²) < 4.78 is 5.53. The summed E-state index contributed by atoms with van der Waals surface area (Å²) in [5, 5.41) is 15.7. The van der Waals surface area contributed by atoms with Crippen LogP contribution < -0.4 is 10.6 Å². The third kappa shape index (κ3) is 10.4. The van der Waals surface area contributed by atoms with Gasteiger partial charge in [-0.25, -0.2) is 4.79 Å². The van der Waals surface area contributed by atoms with Crippen LogP contribution in [-0.2, 0) is 20.7 Å². The molecule has 3 aromatic carbocycles. The molecule has 8 nitrogen and oxygen atoms in total. The largest absolute Gasteiger partial charge is 0.508 e. The van der Waals surface area contributed by atoms with Gasteiger partial charge in [0.2, 0.25) is 5.91 Å². The Hall–Kier alpha value is -4.33. The molecule has 0 aliphatic heterocycles. The predicted octanol–water partition coefficient (Wildman–Crippen LogP) is 7.23. The van der Waals surface area contributed by atoms with E-state index in [4.69, 9.17) is 4.74 Å². The Bertz CT molecular complexity index is 1400. The van der Waals surface area contributed by atoms with E-state index in [-0.39, 0.29) is 18.1 Å². The van der Waals surface area contributed by atoms with Crippen molar-refractivity contribution in [2.24, 2.45) is 0 Å². The average Bonchev–Trinajstić information content (AvgIpc) is 2.95.